The van der Waals surface area contributed by atoms with Crippen molar-refractivity contribution in [1.82, 2.24) is 20.1 Å². The third-order valence-electron chi connectivity index (χ3n) is 6.26. The second-order valence-electron chi connectivity index (χ2n) is 9.32. The number of thiophene rings is 1. The third-order valence-corrected chi connectivity index (χ3v) is 8.37. The molecule has 4 aromatic rings. The molecule has 0 saturated heterocycles. The van der Waals surface area contributed by atoms with Gasteiger partial charge in [-0.15, -0.1) is 21.5 Å². The smallest absolute Gasteiger partial charge is 0.348 e. The Labute approximate surface area is 273 Å². The number of rotatable bonds is 15. The van der Waals surface area contributed by atoms with Gasteiger partial charge in [0.1, 0.15) is 21.4 Å². The van der Waals surface area contributed by atoms with E-state index in [1.54, 1.807) is 49.6 Å². The van der Waals surface area contributed by atoms with Crippen molar-refractivity contribution in [2.24, 2.45) is 0 Å². The monoisotopic (exact) mass is 667 g/mol. The minimum atomic E-state index is -0.661. The van der Waals surface area contributed by atoms with Crippen LogP contribution in [-0.4, -0.2) is 71.2 Å². The van der Waals surface area contributed by atoms with Crippen molar-refractivity contribution in [2.75, 3.05) is 38.0 Å². The molecule has 4 rings (SSSR count). The van der Waals surface area contributed by atoms with Crippen LogP contribution in [0.4, 0.5) is 5.00 Å². The highest BCUT2D eigenvalue weighted by atomic mass is 32.2. The Bertz CT molecular complexity index is 1690. The zero-order valence-electron chi connectivity index (χ0n) is 25.7. The molecule has 0 atom stereocenters. The molecular formula is C31H33N5O8S2. The molecule has 0 aliphatic heterocycles. The maximum absolute atomic E-state index is 13.2. The zero-order valence-corrected chi connectivity index (χ0v) is 27.3. The lowest BCUT2D eigenvalue weighted by molar-refractivity contribution is -0.123. The van der Waals surface area contributed by atoms with Crippen molar-refractivity contribution in [2.45, 2.75) is 32.5 Å². The summed E-state index contributed by atoms with van der Waals surface area (Å²) in [5.74, 6) is -0.735. The second kappa shape index (κ2) is 16.4. The maximum Gasteiger partial charge on any atom is 0.348 e. The first-order valence-corrected chi connectivity index (χ1v) is 16.0. The Morgan fingerprint density at radius 3 is 2.33 bits per heavy atom. The molecule has 2 aromatic heterocycles. The van der Waals surface area contributed by atoms with Crippen molar-refractivity contribution in [1.29, 1.82) is 0 Å². The number of ether oxygens (including phenoxy) is 4. The first kappa shape index (κ1) is 34.0. The number of hydrogen-bond donors (Lipinski definition) is 2. The molecule has 0 fully saturated rings. The minimum absolute atomic E-state index is 0.0167. The van der Waals surface area contributed by atoms with Crippen LogP contribution in [0, 0.1) is 6.92 Å². The van der Waals surface area contributed by atoms with Crippen molar-refractivity contribution < 1.29 is 38.1 Å². The highest BCUT2D eigenvalue weighted by Crippen LogP contribution is 2.35. The molecule has 15 heteroatoms. The van der Waals surface area contributed by atoms with Crippen LogP contribution in [0.2, 0.25) is 0 Å². The van der Waals surface area contributed by atoms with Crippen LogP contribution < -0.4 is 20.1 Å². The fourth-order valence-electron chi connectivity index (χ4n) is 4.19. The Balaban J connectivity index is 1.52. The number of para-hydroxylation sites is 3. The molecule has 13 nitrogen and oxygen atoms in total. The topological polar surface area (TPSA) is 160 Å². The van der Waals surface area contributed by atoms with Gasteiger partial charge in [0, 0.05) is 0 Å². The van der Waals surface area contributed by atoms with Crippen molar-refractivity contribution >= 4 is 51.9 Å². The van der Waals surface area contributed by atoms with Crippen LogP contribution >= 0.6 is 23.1 Å². The second-order valence-corrected chi connectivity index (χ2v) is 11.3. The summed E-state index contributed by atoms with van der Waals surface area (Å²) in [5, 5.41) is 14.6. The molecule has 2 aromatic carbocycles. The summed E-state index contributed by atoms with van der Waals surface area (Å²) in [4.78, 5) is 51.1. The minimum Gasteiger partial charge on any atom is -0.495 e. The lowest BCUT2D eigenvalue weighted by Crippen LogP contribution is -2.29. The number of methoxy groups -OCH3 is 1. The van der Waals surface area contributed by atoms with Gasteiger partial charge in [0.2, 0.25) is 5.91 Å². The number of thioether (sulfide) groups is 1. The normalized spacial score (nSPS) is 10.6. The average molecular weight is 668 g/mol. The summed E-state index contributed by atoms with van der Waals surface area (Å²) in [6.45, 7) is 5.04. The molecule has 2 N–H and O–H groups in total. The van der Waals surface area contributed by atoms with Crippen LogP contribution in [0.15, 0.2) is 59.8 Å². The molecule has 0 aliphatic rings. The van der Waals surface area contributed by atoms with E-state index in [0.717, 1.165) is 23.1 Å². The number of benzene rings is 2. The third kappa shape index (κ3) is 8.43. The summed E-state index contributed by atoms with van der Waals surface area (Å²) < 4.78 is 23.0. The van der Waals surface area contributed by atoms with Crippen LogP contribution in [0.25, 0.3) is 5.69 Å². The van der Waals surface area contributed by atoms with Gasteiger partial charge in [-0.2, -0.15) is 0 Å². The van der Waals surface area contributed by atoms with E-state index in [-0.39, 0.29) is 53.5 Å². The number of carbonyl (C=O) groups excluding carboxylic acids is 4. The summed E-state index contributed by atoms with van der Waals surface area (Å²) in [6, 6.07) is 16.2. The van der Waals surface area contributed by atoms with Gasteiger partial charge < -0.3 is 29.6 Å². The van der Waals surface area contributed by atoms with E-state index in [1.165, 1.54) is 7.11 Å². The molecule has 46 heavy (non-hydrogen) atoms. The van der Waals surface area contributed by atoms with Gasteiger partial charge in [-0.25, -0.2) is 9.59 Å². The molecule has 2 heterocycles. The first-order valence-electron chi connectivity index (χ1n) is 14.2. The van der Waals surface area contributed by atoms with Crippen molar-refractivity contribution in [3.05, 3.63) is 76.4 Å². The van der Waals surface area contributed by atoms with Crippen LogP contribution in [0.1, 0.15) is 45.3 Å². The van der Waals surface area contributed by atoms with E-state index in [0.29, 0.717) is 33.7 Å². The van der Waals surface area contributed by atoms with Gasteiger partial charge in [-0.3, -0.25) is 14.2 Å². The summed E-state index contributed by atoms with van der Waals surface area (Å²) in [7, 11) is 1.53. The highest BCUT2D eigenvalue weighted by molar-refractivity contribution is 7.99. The molecule has 2 amide bonds. The number of amides is 2. The summed E-state index contributed by atoms with van der Waals surface area (Å²) >= 11 is 2.02. The van der Waals surface area contributed by atoms with Crippen molar-refractivity contribution in [3.63, 3.8) is 0 Å². The molecular weight excluding hydrogens is 635 g/mol. The fraction of sp³-hybridized carbons (Fsp3) is 0.290. The quantitative estimate of drug-likeness (QED) is 0.136. The lowest BCUT2D eigenvalue weighted by Gasteiger charge is -2.14. The Kier molecular flexibility index (Phi) is 12.1. The van der Waals surface area contributed by atoms with Gasteiger partial charge >= 0.3 is 11.9 Å². The van der Waals surface area contributed by atoms with E-state index < -0.39 is 17.8 Å². The Morgan fingerprint density at radius 1 is 0.913 bits per heavy atom. The number of hydrogen-bond acceptors (Lipinski definition) is 12. The molecule has 0 spiro atoms. The maximum atomic E-state index is 13.2. The molecule has 0 radical (unpaired) electrons. The molecule has 0 bridgehead atoms. The van der Waals surface area contributed by atoms with E-state index in [1.807, 2.05) is 30.3 Å². The average Bonchev–Trinajstić information content (AvgIpc) is 3.62. The lowest BCUT2D eigenvalue weighted by atomic mass is 10.1. The van der Waals surface area contributed by atoms with Crippen LogP contribution in [-0.2, 0) is 25.6 Å². The number of esters is 2. The summed E-state index contributed by atoms with van der Waals surface area (Å²) in [6.07, 6.45) is 0. The van der Waals surface area contributed by atoms with Gasteiger partial charge in [-0.05, 0) is 50.6 Å². The van der Waals surface area contributed by atoms with E-state index >= 15 is 0 Å². The van der Waals surface area contributed by atoms with Crippen LogP contribution in [0.5, 0.6) is 11.5 Å². The van der Waals surface area contributed by atoms with Gasteiger partial charge in [0.05, 0.1) is 43.9 Å². The standard InChI is InChI=1S/C31H33N5O8S2/c1-5-42-29(39)26-19(3)27(30(40)43-6-2)46-28(26)33-25(38)18-45-31-35-34-23(36(31)21-14-10-11-15-22(21)41-4)16-32-24(37)17-44-20-12-8-7-9-13-20/h7-15H,5-6,16-18H2,1-4H3,(H,32,37)(H,33,38). The SMILES string of the molecule is CCOC(=O)c1sc(NC(=O)CSc2nnc(CNC(=O)COc3ccccc3)n2-c2ccccc2OC)c(C(=O)OCC)c1C. The number of carbonyl (C=O) groups is 4. The molecule has 0 unspecified atom stereocenters. The van der Waals surface area contributed by atoms with Gasteiger partial charge in [-0.1, -0.05) is 42.1 Å². The van der Waals surface area contributed by atoms with Gasteiger partial charge in [0.25, 0.3) is 5.91 Å². The number of anilines is 1. The fourth-order valence-corrected chi connectivity index (χ4v) is 6.06. The largest absolute Gasteiger partial charge is 0.495 e. The van der Waals surface area contributed by atoms with E-state index in [4.69, 9.17) is 18.9 Å². The Hall–Kier alpha value is -4.89. The van der Waals surface area contributed by atoms with Gasteiger partial charge in [0.15, 0.2) is 17.6 Å². The molecule has 0 saturated carbocycles. The number of nitrogens with zero attached hydrogens (tertiary/aromatic N) is 3. The zero-order chi connectivity index (χ0) is 33.1. The number of nitrogens with one attached hydrogen (secondary N) is 2. The number of aromatic nitrogens is 3. The first-order chi connectivity index (χ1) is 22.3. The predicted octanol–water partition coefficient (Wildman–Crippen LogP) is 4.43. The van der Waals surface area contributed by atoms with E-state index in [2.05, 4.69) is 20.8 Å². The van der Waals surface area contributed by atoms with Crippen LogP contribution in [0.3, 0.4) is 0 Å². The predicted molar refractivity (Wildman–Crippen MR) is 172 cm³/mol. The Morgan fingerprint density at radius 2 is 1.61 bits per heavy atom. The molecule has 0 aliphatic carbocycles. The highest BCUT2D eigenvalue weighted by Gasteiger charge is 2.28. The summed E-state index contributed by atoms with van der Waals surface area (Å²) in [5.41, 5.74) is 1.06. The molecule has 242 valence electrons. The van der Waals surface area contributed by atoms with Crippen molar-refractivity contribution in [3.8, 4) is 17.2 Å². The van der Waals surface area contributed by atoms with E-state index in [9.17, 15) is 19.2 Å².